The van der Waals surface area contributed by atoms with Gasteiger partial charge in [0.1, 0.15) is 5.82 Å². The molecule has 3 rings (SSSR count). The number of nitrogen functional groups attached to an aromatic ring is 1. The molecule has 0 saturated carbocycles. The first-order valence-electron chi connectivity index (χ1n) is 6.27. The van der Waals surface area contributed by atoms with Gasteiger partial charge in [0.2, 0.25) is 0 Å². The van der Waals surface area contributed by atoms with Gasteiger partial charge in [-0.25, -0.2) is 15.8 Å². The van der Waals surface area contributed by atoms with Crippen LogP contribution in [0.1, 0.15) is 15.9 Å². The predicted molar refractivity (Wildman–Crippen MR) is 83.5 cm³/mol. The van der Waals surface area contributed by atoms with Gasteiger partial charge in [-0.2, -0.15) is 0 Å². The van der Waals surface area contributed by atoms with E-state index in [1.54, 1.807) is 18.3 Å². The molecule has 106 valence electrons. The van der Waals surface area contributed by atoms with E-state index in [-0.39, 0.29) is 0 Å². The number of nitrogens with zero attached hydrogens (tertiary/aromatic N) is 2. The lowest BCUT2D eigenvalue weighted by Gasteiger charge is -2.06. The van der Waals surface area contributed by atoms with Gasteiger partial charge in [-0.15, -0.1) is 0 Å². The van der Waals surface area contributed by atoms with Crippen molar-refractivity contribution < 1.29 is 4.79 Å². The molecule has 2 heterocycles. The molecule has 0 spiro atoms. The average molecular weight is 299 g/mol. The second kappa shape index (κ2) is 5.47. The van der Waals surface area contributed by atoms with Crippen molar-refractivity contribution in [3.8, 4) is 0 Å². The highest BCUT2D eigenvalue weighted by Crippen LogP contribution is 2.29. The average Bonchev–Trinajstić information content (AvgIpc) is 2.88. The van der Waals surface area contributed by atoms with Crippen molar-refractivity contribution >= 4 is 38.4 Å². The van der Waals surface area contributed by atoms with Gasteiger partial charge in [0.05, 0.1) is 15.8 Å². The Hall–Kier alpha value is -2.51. The zero-order valence-corrected chi connectivity index (χ0v) is 12.1. The minimum Gasteiger partial charge on any atom is -0.316 e. The number of benzene rings is 1. The molecule has 0 saturated heterocycles. The van der Waals surface area contributed by atoms with Gasteiger partial charge in [0.25, 0.3) is 5.91 Å². The van der Waals surface area contributed by atoms with Crippen LogP contribution in [0.4, 0.5) is 10.9 Å². The molecular formula is C14H13N5OS. The van der Waals surface area contributed by atoms with Crippen LogP contribution in [0.2, 0.25) is 0 Å². The number of amides is 1. The molecule has 6 nitrogen and oxygen atoms in total. The first kappa shape index (κ1) is 13.5. The summed E-state index contributed by atoms with van der Waals surface area (Å²) in [5.74, 6) is 5.20. The van der Waals surface area contributed by atoms with Crippen LogP contribution >= 0.6 is 11.3 Å². The lowest BCUT2D eigenvalue weighted by molar-refractivity contribution is 0.0954. The first-order valence-corrected chi connectivity index (χ1v) is 7.09. The van der Waals surface area contributed by atoms with Crippen LogP contribution in [0.3, 0.4) is 0 Å². The van der Waals surface area contributed by atoms with Crippen LogP contribution in [-0.4, -0.2) is 15.9 Å². The summed E-state index contributed by atoms with van der Waals surface area (Å²) in [5.41, 5.74) is 4.57. The van der Waals surface area contributed by atoms with Gasteiger partial charge in [-0.1, -0.05) is 17.4 Å². The van der Waals surface area contributed by atoms with Gasteiger partial charge in [0.15, 0.2) is 5.13 Å². The largest absolute Gasteiger partial charge is 0.316 e. The number of pyridine rings is 1. The molecule has 3 aromatic rings. The number of aryl methyl sites for hydroxylation is 1. The molecule has 0 bridgehead atoms. The van der Waals surface area contributed by atoms with E-state index in [1.807, 2.05) is 19.1 Å². The van der Waals surface area contributed by atoms with E-state index in [4.69, 9.17) is 5.84 Å². The molecule has 2 aromatic heterocycles. The SMILES string of the molecule is Cc1ccc2nc(Nc3ncccc3C(=O)NN)sc2c1. The predicted octanol–water partition coefficient (Wildman–Crippen LogP) is 2.35. The number of anilines is 2. The van der Waals surface area contributed by atoms with Crippen molar-refractivity contribution in [2.24, 2.45) is 5.84 Å². The van der Waals surface area contributed by atoms with E-state index >= 15 is 0 Å². The maximum absolute atomic E-state index is 11.7. The Morgan fingerprint density at radius 1 is 1.33 bits per heavy atom. The molecule has 0 fully saturated rings. The molecule has 0 radical (unpaired) electrons. The van der Waals surface area contributed by atoms with Crippen molar-refractivity contribution in [1.29, 1.82) is 0 Å². The number of nitrogens with two attached hydrogens (primary N) is 1. The quantitative estimate of drug-likeness (QED) is 0.392. The number of fused-ring (bicyclic) bond motifs is 1. The molecule has 7 heteroatoms. The van der Waals surface area contributed by atoms with Crippen molar-refractivity contribution in [3.63, 3.8) is 0 Å². The molecule has 0 aliphatic heterocycles. The van der Waals surface area contributed by atoms with E-state index in [0.29, 0.717) is 16.5 Å². The van der Waals surface area contributed by atoms with Gasteiger partial charge in [0, 0.05) is 6.20 Å². The van der Waals surface area contributed by atoms with Crippen LogP contribution in [0.15, 0.2) is 36.5 Å². The lowest BCUT2D eigenvalue weighted by Crippen LogP contribution is -2.30. The number of aromatic nitrogens is 2. The summed E-state index contributed by atoms with van der Waals surface area (Å²) in [7, 11) is 0. The standard InChI is InChI=1S/C14H13N5OS/c1-8-4-5-10-11(7-8)21-14(17-10)18-12-9(13(20)19-15)3-2-6-16-12/h2-7H,15H2,1H3,(H,19,20)(H,16,17,18). The second-order valence-corrected chi connectivity index (χ2v) is 5.52. The molecule has 1 amide bonds. The molecule has 21 heavy (non-hydrogen) atoms. The number of thiazole rings is 1. The van der Waals surface area contributed by atoms with Gasteiger partial charge < -0.3 is 5.32 Å². The van der Waals surface area contributed by atoms with Crippen molar-refractivity contribution in [2.45, 2.75) is 6.92 Å². The van der Waals surface area contributed by atoms with Crippen LogP contribution in [0, 0.1) is 6.92 Å². The monoisotopic (exact) mass is 299 g/mol. The second-order valence-electron chi connectivity index (χ2n) is 4.49. The summed E-state index contributed by atoms with van der Waals surface area (Å²) in [6.45, 7) is 2.04. The summed E-state index contributed by atoms with van der Waals surface area (Å²) < 4.78 is 1.08. The van der Waals surface area contributed by atoms with E-state index < -0.39 is 5.91 Å². The molecule has 0 aliphatic carbocycles. The smallest absolute Gasteiger partial charge is 0.268 e. The number of carbonyl (C=O) groups excluding carboxylic acids is 1. The summed E-state index contributed by atoms with van der Waals surface area (Å²) in [6, 6.07) is 9.38. The number of rotatable bonds is 3. The number of hydrazine groups is 1. The van der Waals surface area contributed by atoms with Crippen LogP contribution in [-0.2, 0) is 0 Å². The fraction of sp³-hybridized carbons (Fsp3) is 0.0714. The normalized spacial score (nSPS) is 10.6. The Morgan fingerprint density at radius 2 is 2.19 bits per heavy atom. The molecule has 1 aromatic carbocycles. The third-order valence-electron chi connectivity index (χ3n) is 2.95. The Bertz CT molecular complexity index is 814. The minimum atomic E-state index is -0.400. The highest BCUT2D eigenvalue weighted by atomic mass is 32.1. The number of hydrogen-bond acceptors (Lipinski definition) is 6. The summed E-state index contributed by atoms with van der Waals surface area (Å²) >= 11 is 1.51. The third kappa shape index (κ3) is 2.69. The van der Waals surface area contributed by atoms with Gasteiger partial charge in [-0.05, 0) is 36.8 Å². The zero-order valence-electron chi connectivity index (χ0n) is 11.3. The molecule has 0 atom stereocenters. The lowest BCUT2D eigenvalue weighted by atomic mass is 10.2. The molecule has 0 aliphatic rings. The van der Waals surface area contributed by atoms with E-state index in [2.05, 4.69) is 26.8 Å². The topological polar surface area (TPSA) is 92.9 Å². The number of nitrogens with one attached hydrogen (secondary N) is 2. The number of hydrogen-bond donors (Lipinski definition) is 3. The summed E-state index contributed by atoms with van der Waals surface area (Å²) in [5, 5.41) is 3.76. The number of carbonyl (C=O) groups is 1. The van der Waals surface area contributed by atoms with E-state index in [1.165, 1.54) is 16.9 Å². The van der Waals surface area contributed by atoms with E-state index in [9.17, 15) is 4.79 Å². The Balaban J connectivity index is 1.97. The van der Waals surface area contributed by atoms with Crippen molar-refractivity contribution in [1.82, 2.24) is 15.4 Å². The maximum Gasteiger partial charge on any atom is 0.268 e. The summed E-state index contributed by atoms with van der Waals surface area (Å²) in [4.78, 5) is 20.4. The molecular weight excluding hydrogens is 286 g/mol. The van der Waals surface area contributed by atoms with Crippen molar-refractivity contribution in [2.75, 3.05) is 5.32 Å². The fourth-order valence-corrected chi connectivity index (χ4v) is 2.92. The fourth-order valence-electron chi connectivity index (χ4n) is 1.95. The Labute approximate surface area is 125 Å². The molecule has 0 unspecified atom stereocenters. The highest BCUT2D eigenvalue weighted by Gasteiger charge is 2.12. The van der Waals surface area contributed by atoms with Gasteiger partial charge >= 0.3 is 0 Å². The maximum atomic E-state index is 11.7. The Morgan fingerprint density at radius 3 is 3.00 bits per heavy atom. The third-order valence-corrected chi connectivity index (χ3v) is 3.89. The van der Waals surface area contributed by atoms with Crippen LogP contribution in [0.5, 0.6) is 0 Å². The highest BCUT2D eigenvalue weighted by molar-refractivity contribution is 7.22. The van der Waals surface area contributed by atoms with Crippen LogP contribution in [0.25, 0.3) is 10.2 Å². The van der Waals surface area contributed by atoms with Gasteiger partial charge in [-0.3, -0.25) is 10.2 Å². The zero-order chi connectivity index (χ0) is 14.8. The first-order chi connectivity index (χ1) is 10.2. The Kier molecular flexibility index (Phi) is 3.51. The van der Waals surface area contributed by atoms with Crippen molar-refractivity contribution in [3.05, 3.63) is 47.7 Å². The molecule has 4 N–H and O–H groups in total. The van der Waals surface area contributed by atoms with E-state index in [0.717, 1.165) is 10.2 Å². The minimum absolute atomic E-state index is 0.371. The summed E-state index contributed by atoms with van der Waals surface area (Å²) in [6.07, 6.45) is 1.60. The van der Waals surface area contributed by atoms with Crippen LogP contribution < -0.4 is 16.6 Å².